The Morgan fingerprint density at radius 1 is 1.47 bits per heavy atom. The fourth-order valence-electron chi connectivity index (χ4n) is 1.52. The second-order valence-electron chi connectivity index (χ2n) is 3.88. The summed E-state index contributed by atoms with van der Waals surface area (Å²) in [6, 6.07) is 1.67. The van der Waals surface area contributed by atoms with Crippen LogP contribution in [0.3, 0.4) is 0 Å². The van der Waals surface area contributed by atoms with Crippen LogP contribution in [-0.2, 0) is 6.54 Å². The summed E-state index contributed by atoms with van der Waals surface area (Å²) in [5.41, 5.74) is 1.27. The third-order valence-corrected chi connectivity index (χ3v) is 2.45. The van der Waals surface area contributed by atoms with Crippen LogP contribution >= 0.6 is 0 Å². The number of nitrogens with zero attached hydrogens (tertiary/aromatic N) is 3. The number of anilines is 1. The molecule has 2 aromatic rings. The quantitative estimate of drug-likeness (QED) is 0.812. The van der Waals surface area contributed by atoms with Gasteiger partial charge in [0, 0.05) is 12.7 Å². The Hall–Kier alpha value is -2.44. The molecule has 0 fully saturated rings. The summed E-state index contributed by atoms with van der Waals surface area (Å²) in [5.74, 6) is 0.233. The van der Waals surface area contributed by atoms with Gasteiger partial charge in [-0.05, 0) is 12.5 Å². The van der Waals surface area contributed by atoms with E-state index >= 15 is 0 Å². The van der Waals surface area contributed by atoms with Gasteiger partial charge in [-0.25, -0.2) is 0 Å². The monoisotopic (exact) mass is 261 g/mol. The van der Waals surface area contributed by atoms with Crippen LogP contribution in [-0.4, -0.2) is 27.6 Å². The number of carbonyl (C=O) groups is 1. The molecule has 0 aliphatic rings. The molecule has 7 nitrogen and oxygen atoms in total. The average molecular weight is 261 g/mol. The van der Waals surface area contributed by atoms with Crippen molar-refractivity contribution in [1.29, 1.82) is 0 Å². The fourth-order valence-corrected chi connectivity index (χ4v) is 1.52. The molecule has 0 aliphatic heterocycles. The molecule has 19 heavy (non-hydrogen) atoms. The lowest BCUT2D eigenvalue weighted by molar-refractivity contribution is 0.0950. The maximum absolute atomic E-state index is 12.1. The Bertz CT molecular complexity index is 527. The molecule has 0 atom stereocenters. The van der Waals surface area contributed by atoms with Crippen molar-refractivity contribution in [1.82, 2.24) is 20.4 Å². The maximum Gasteiger partial charge on any atom is 0.253 e. The van der Waals surface area contributed by atoms with Gasteiger partial charge >= 0.3 is 0 Å². The van der Waals surface area contributed by atoms with Crippen LogP contribution < -0.4 is 10.6 Å². The first-order chi connectivity index (χ1) is 9.31. The van der Waals surface area contributed by atoms with Crippen molar-refractivity contribution in [2.45, 2.75) is 19.9 Å². The number of amides is 1. The molecule has 1 amide bonds. The molecule has 0 bridgehead atoms. The van der Waals surface area contributed by atoms with Crippen molar-refractivity contribution in [2.24, 2.45) is 0 Å². The normalized spacial score (nSPS) is 10.2. The average Bonchev–Trinajstić information content (AvgIpc) is 2.96. The summed E-state index contributed by atoms with van der Waals surface area (Å²) < 4.78 is 4.59. The summed E-state index contributed by atoms with van der Waals surface area (Å²) in [4.78, 5) is 19.9. The third-order valence-electron chi connectivity index (χ3n) is 2.45. The van der Waals surface area contributed by atoms with Crippen LogP contribution in [0.5, 0.6) is 0 Å². The number of aromatic nitrogens is 3. The molecule has 2 aromatic heterocycles. The number of hydrogen-bond donors (Lipinski definition) is 2. The fraction of sp³-hybridized carbons (Fsp3) is 0.333. The van der Waals surface area contributed by atoms with Gasteiger partial charge in [0.25, 0.3) is 5.91 Å². The van der Waals surface area contributed by atoms with Crippen LogP contribution in [0.15, 0.2) is 29.4 Å². The Labute approximate surface area is 110 Å². The highest BCUT2D eigenvalue weighted by molar-refractivity contribution is 5.99. The molecule has 2 rings (SSSR count). The number of pyridine rings is 1. The van der Waals surface area contributed by atoms with Crippen molar-refractivity contribution in [3.63, 3.8) is 0 Å². The van der Waals surface area contributed by atoms with Gasteiger partial charge < -0.3 is 15.2 Å². The standard InChI is InChI=1S/C12H15N5O2/c1-2-4-14-10-6-13-5-3-9(10)12(18)15-7-11-16-8-19-17-11/h3,5-6,8,14H,2,4,7H2,1H3,(H,15,18). The van der Waals surface area contributed by atoms with Crippen LogP contribution in [0.4, 0.5) is 5.69 Å². The minimum absolute atomic E-state index is 0.203. The van der Waals surface area contributed by atoms with Crippen LogP contribution in [0.1, 0.15) is 29.5 Å². The lowest BCUT2D eigenvalue weighted by Crippen LogP contribution is -2.24. The molecule has 0 saturated carbocycles. The summed E-state index contributed by atoms with van der Waals surface area (Å²) in [6.07, 6.45) is 5.42. The van der Waals surface area contributed by atoms with Crippen molar-refractivity contribution >= 4 is 11.6 Å². The van der Waals surface area contributed by atoms with Crippen molar-refractivity contribution in [3.05, 3.63) is 36.2 Å². The van der Waals surface area contributed by atoms with E-state index in [1.807, 2.05) is 0 Å². The van der Waals surface area contributed by atoms with Crippen molar-refractivity contribution < 1.29 is 9.32 Å². The second-order valence-corrected chi connectivity index (χ2v) is 3.88. The molecule has 0 radical (unpaired) electrons. The van der Waals surface area contributed by atoms with Gasteiger partial charge in [-0.3, -0.25) is 9.78 Å². The highest BCUT2D eigenvalue weighted by atomic mass is 16.5. The molecular weight excluding hydrogens is 246 g/mol. The zero-order valence-electron chi connectivity index (χ0n) is 10.6. The lowest BCUT2D eigenvalue weighted by Gasteiger charge is -2.10. The molecule has 7 heteroatoms. The van der Waals surface area contributed by atoms with Crippen LogP contribution in [0.25, 0.3) is 0 Å². The highest BCUT2D eigenvalue weighted by Gasteiger charge is 2.11. The van der Waals surface area contributed by atoms with Gasteiger partial charge in [-0.1, -0.05) is 12.1 Å². The van der Waals surface area contributed by atoms with Gasteiger partial charge in [0.05, 0.1) is 24.0 Å². The van der Waals surface area contributed by atoms with Crippen LogP contribution in [0.2, 0.25) is 0 Å². The minimum atomic E-state index is -0.203. The first-order valence-electron chi connectivity index (χ1n) is 6.02. The van der Waals surface area contributed by atoms with E-state index in [9.17, 15) is 4.79 Å². The Morgan fingerprint density at radius 2 is 2.37 bits per heavy atom. The predicted molar refractivity (Wildman–Crippen MR) is 68.5 cm³/mol. The molecule has 0 saturated heterocycles. The number of hydrogen-bond acceptors (Lipinski definition) is 6. The molecule has 100 valence electrons. The summed E-state index contributed by atoms with van der Waals surface area (Å²) in [5, 5.41) is 9.52. The third kappa shape index (κ3) is 3.51. The molecule has 0 aromatic carbocycles. The van der Waals surface area contributed by atoms with Crippen LogP contribution in [0, 0.1) is 0 Å². The molecule has 0 spiro atoms. The smallest absolute Gasteiger partial charge is 0.253 e. The lowest BCUT2D eigenvalue weighted by atomic mass is 10.2. The number of rotatable bonds is 6. The number of carbonyl (C=O) groups excluding carboxylic acids is 1. The van der Waals surface area contributed by atoms with E-state index in [-0.39, 0.29) is 12.5 Å². The van der Waals surface area contributed by atoms with E-state index in [0.29, 0.717) is 11.4 Å². The van der Waals surface area contributed by atoms with Gasteiger partial charge in [-0.15, -0.1) is 0 Å². The first kappa shape index (κ1) is 13.0. The maximum atomic E-state index is 12.1. The summed E-state index contributed by atoms with van der Waals surface area (Å²) in [6.45, 7) is 3.07. The molecule has 0 aliphatic carbocycles. The molecule has 2 heterocycles. The minimum Gasteiger partial charge on any atom is -0.383 e. The summed E-state index contributed by atoms with van der Waals surface area (Å²) >= 11 is 0. The SMILES string of the molecule is CCCNc1cnccc1C(=O)NCc1ncon1. The van der Waals surface area contributed by atoms with E-state index in [1.165, 1.54) is 6.39 Å². The zero-order chi connectivity index (χ0) is 13.5. The van der Waals surface area contributed by atoms with E-state index in [2.05, 4.69) is 37.2 Å². The van der Waals surface area contributed by atoms with Gasteiger partial charge in [0.1, 0.15) is 0 Å². The van der Waals surface area contributed by atoms with Crippen molar-refractivity contribution in [2.75, 3.05) is 11.9 Å². The van der Waals surface area contributed by atoms with Crippen molar-refractivity contribution in [3.8, 4) is 0 Å². The van der Waals surface area contributed by atoms with Gasteiger partial charge in [0.2, 0.25) is 6.39 Å². The van der Waals surface area contributed by atoms with E-state index in [1.54, 1.807) is 18.5 Å². The Kier molecular flexibility index (Phi) is 4.44. The molecule has 2 N–H and O–H groups in total. The largest absolute Gasteiger partial charge is 0.383 e. The highest BCUT2D eigenvalue weighted by Crippen LogP contribution is 2.13. The Morgan fingerprint density at radius 3 is 3.11 bits per heavy atom. The van der Waals surface area contributed by atoms with E-state index < -0.39 is 0 Å². The van der Waals surface area contributed by atoms with E-state index in [0.717, 1.165) is 18.7 Å². The number of nitrogens with one attached hydrogen (secondary N) is 2. The zero-order valence-corrected chi connectivity index (χ0v) is 10.6. The summed E-state index contributed by atoms with van der Waals surface area (Å²) in [7, 11) is 0. The topological polar surface area (TPSA) is 92.9 Å². The second kappa shape index (κ2) is 6.48. The van der Waals surface area contributed by atoms with Gasteiger partial charge in [-0.2, -0.15) is 4.98 Å². The predicted octanol–water partition coefficient (Wildman–Crippen LogP) is 1.22. The van der Waals surface area contributed by atoms with Gasteiger partial charge in [0.15, 0.2) is 5.82 Å². The first-order valence-corrected chi connectivity index (χ1v) is 6.02. The molecule has 0 unspecified atom stereocenters. The molecular formula is C12H15N5O2. The Balaban J connectivity index is 2.01. The van der Waals surface area contributed by atoms with E-state index in [4.69, 9.17) is 0 Å².